The molecule has 3 unspecified atom stereocenters. The molecule has 2 aliphatic carbocycles. The predicted molar refractivity (Wildman–Crippen MR) is 254 cm³/mol. The van der Waals surface area contributed by atoms with Gasteiger partial charge in [0.2, 0.25) is 11.9 Å². The summed E-state index contributed by atoms with van der Waals surface area (Å²) >= 11 is 0. The monoisotopic (exact) mass is 803 g/mol. The average molecular weight is 804 g/mol. The molecule has 3 atom stereocenters. The smallest absolute Gasteiger partial charge is 0.234 e. The van der Waals surface area contributed by atoms with Crippen LogP contribution in [0.2, 0.25) is 0 Å². The van der Waals surface area contributed by atoms with Gasteiger partial charge in [0.1, 0.15) is 12.0 Å². The predicted octanol–water partition coefficient (Wildman–Crippen LogP) is 12.2. The first-order valence-electron chi connectivity index (χ1n) is 22.0. The minimum atomic E-state index is -0.279. The van der Waals surface area contributed by atoms with Crippen molar-refractivity contribution in [3.8, 4) is 11.1 Å². The number of amidine groups is 1. The van der Waals surface area contributed by atoms with Crippen LogP contribution < -0.4 is 10.2 Å². The molecule has 3 aliphatic heterocycles. The highest BCUT2D eigenvalue weighted by atomic mass is 15.4. The normalized spacial score (nSPS) is 20.2. The van der Waals surface area contributed by atoms with Crippen LogP contribution in [0.15, 0.2) is 196 Å². The van der Waals surface area contributed by atoms with Gasteiger partial charge in [0, 0.05) is 40.2 Å². The molecule has 4 heterocycles. The van der Waals surface area contributed by atoms with E-state index in [1.807, 2.05) is 6.07 Å². The lowest BCUT2D eigenvalue weighted by Crippen LogP contribution is -2.39. The van der Waals surface area contributed by atoms with Crippen molar-refractivity contribution >= 4 is 46.1 Å². The lowest BCUT2D eigenvalue weighted by Gasteiger charge is -2.30. The second-order valence-corrected chi connectivity index (χ2v) is 16.8. The van der Waals surface area contributed by atoms with E-state index < -0.39 is 0 Å². The van der Waals surface area contributed by atoms with E-state index in [1.54, 1.807) is 0 Å². The number of nitrogens with one attached hydrogen (secondary N) is 1. The number of allylic oxidation sites excluding steroid dienone is 3. The van der Waals surface area contributed by atoms with Gasteiger partial charge in [-0.05, 0) is 77.6 Å². The Balaban J connectivity index is 1.00. The topological polar surface area (TPSA) is 69.6 Å². The fraction of sp³-hybridized carbons (Fsp3) is 0.164. The number of anilines is 1. The number of hydrogen-bond donors (Lipinski definition) is 1. The summed E-state index contributed by atoms with van der Waals surface area (Å²) in [4.78, 5) is 23.9. The highest BCUT2D eigenvalue weighted by Gasteiger charge is 2.39. The number of hydrogen-bond acceptors (Lipinski definition) is 6. The van der Waals surface area contributed by atoms with Gasteiger partial charge in [-0.2, -0.15) is 4.99 Å². The van der Waals surface area contributed by atoms with Crippen LogP contribution in [0.5, 0.6) is 0 Å². The molecule has 0 bridgehead atoms. The molecule has 62 heavy (non-hydrogen) atoms. The van der Waals surface area contributed by atoms with E-state index in [0.717, 1.165) is 88.6 Å². The number of benzene rings is 6. The van der Waals surface area contributed by atoms with E-state index in [-0.39, 0.29) is 12.2 Å². The second kappa shape index (κ2) is 15.3. The quantitative estimate of drug-likeness (QED) is 0.188. The summed E-state index contributed by atoms with van der Waals surface area (Å²) in [6.07, 6.45) is 12.7. The number of aliphatic imine (C=N–C) groups is 4. The molecule has 0 radical (unpaired) electrons. The Bertz CT molecular complexity index is 3050. The maximum Gasteiger partial charge on any atom is 0.234 e. The molecule has 1 N–H and O–H groups in total. The summed E-state index contributed by atoms with van der Waals surface area (Å²) in [6, 6.07) is 56.1. The molecule has 1 aromatic heterocycles. The van der Waals surface area contributed by atoms with Gasteiger partial charge in [0.25, 0.3) is 0 Å². The third-order valence-electron chi connectivity index (χ3n) is 13.1. The molecule has 0 amide bonds. The van der Waals surface area contributed by atoms with Crippen LogP contribution in [0.3, 0.4) is 0 Å². The molecule has 6 aromatic carbocycles. The van der Waals surface area contributed by atoms with Gasteiger partial charge in [-0.3, -0.25) is 9.47 Å². The number of rotatable bonds is 5. The van der Waals surface area contributed by atoms with Crippen LogP contribution in [-0.4, -0.2) is 28.0 Å². The zero-order chi connectivity index (χ0) is 41.0. The van der Waals surface area contributed by atoms with Gasteiger partial charge in [0.15, 0.2) is 0 Å². The number of fused-ring (bicyclic) bond motifs is 6. The molecule has 0 spiro atoms. The fourth-order valence-corrected chi connectivity index (χ4v) is 10.1. The highest BCUT2D eigenvalue weighted by molar-refractivity contribution is 6.14. The molecular weight excluding hydrogens is 759 g/mol. The van der Waals surface area contributed by atoms with Crippen LogP contribution in [0.25, 0.3) is 28.1 Å². The van der Waals surface area contributed by atoms with Crippen LogP contribution in [0.1, 0.15) is 89.3 Å². The maximum absolute atomic E-state index is 5.46. The minimum Gasteiger partial charge on any atom is -0.344 e. The van der Waals surface area contributed by atoms with Crippen molar-refractivity contribution in [2.45, 2.75) is 56.7 Å². The van der Waals surface area contributed by atoms with E-state index in [4.69, 9.17) is 20.0 Å². The van der Waals surface area contributed by atoms with Crippen molar-refractivity contribution in [3.05, 3.63) is 215 Å². The van der Waals surface area contributed by atoms with Gasteiger partial charge >= 0.3 is 0 Å². The molecule has 0 fully saturated rings. The van der Waals surface area contributed by atoms with Gasteiger partial charge in [-0.15, -0.1) is 0 Å². The van der Waals surface area contributed by atoms with E-state index >= 15 is 0 Å². The first-order valence-corrected chi connectivity index (χ1v) is 22.0. The molecule has 0 saturated heterocycles. The molecule has 0 saturated carbocycles. The molecule has 7 heteroatoms. The maximum atomic E-state index is 5.46. The van der Waals surface area contributed by atoms with Crippen molar-refractivity contribution in [2.24, 2.45) is 20.0 Å². The Morgan fingerprint density at radius 3 is 2.11 bits per heavy atom. The number of guanidine groups is 1. The zero-order valence-corrected chi connectivity index (χ0v) is 34.4. The third-order valence-corrected chi connectivity index (χ3v) is 13.1. The molecule has 7 aromatic rings. The van der Waals surface area contributed by atoms with Crippen LogP contribution >= 0.6 is 0 Å². The number of nitrogens with zero attached hydrogens (tertiary/aromatic N) is 6. The van der Waals surface area contributed by atoms with Crippen LogP contribution in [0.4, 0.5) is 5.69 Å². The minimum absolute atomic E-state index is 0.0423. The molecule has 12 rings (SSSR count). The van der Waals surface area contributed by atoms with E-state index in [1.165, 1.54) is 39.9 Å². The van der Waals surface area contributed by atoms with Gasteiger partial charge in [-0.25, -0.2) is 15.0 Å². The Kier molecular flexibility index (Phi) is 8.98. The van der Waals surface area contributed by atoms with Gasteiger partial charge < -0.3 is 5.32 Å². The van der Waals surface area contributed by atoms with E-state index in [9.17, 15) is 0 Å². The largest absolute Gasteiger partial charge is 0.344 e. The van der Waals surface area contributed by atoms with E-state index in [2.05, 4.69) is 185 Å². The van der Waals surface area contributed by atoms with Crippen LogP contribution in [0, 0.1) is 0 Å². The van der Waals surface area contributed by atoms with Gasteiger partial charge in [-0.1, -0.05) is 164 Å². The Labute approximate surface area is 362 Å². The van der Waals surface area contributed by atoms with Crippen molar-refractivity contribution in [2.75, 3.05) is 4.90 Å². The van der Waals surface area contributed by atoms with Crippen molar-refractivity contribution in [1.29, 1.82) is 0 Å². The van der Waals surface area contributed by atoms with Crippen molar-refractivity contribution in [3.63, 3.8) is 0 Å². The van der Waals surface area contributed by atoms with Crippen molar-refractivity contribution in [1.82, 2.24) is 9.88 Å². The first kappa shape index (κ1) is 36.5. The summed E-state index contributed by atoms with van der Waals surface area (Å²) in [6.45, 7) is 0. The average Bonchev–Trinajstić information content (AvgIpc) is 3.87. The third kappa shape index (κ3) is 6.35. The zero-order valence-electron chi connectivity index (χ0n) is 34.4. The summed E-state index contributed by atoms with van der Waals surface area (Å²) in [7, 11) is 0. The lowest BCUT2D eigenvalue weighted by atomic mass is 9.88. The molecule has 5 aliphatic rings. The Hall–Kier alpha value is -7.38. The van der Waals surface area contributed by atoms with E-state index in [0.29, 0.717) is 11.9 Å². The SMILES string of the molecule is C1=Cc2c(n(C3=NC(c4ccccc4)CC(c4ccccc4)=N3)c3cc(-c4ccc5c(c4)N(C4=NC(c6ccccc6)NC(c6ccccc6)=N4)C4=CCCCC45)ccc23)CC1. The summed E-state index contributed by atoms with van der Waals surface area (Å²) < 4.78 is 2.36. The fourth-order valence-electron chi connectivity index (χ4n) is 10.1. The lowest BCUT2D eigenvalue weighted by molar-refractivity contribution is 0.632. The van der Waals surface area contributed by atoms with Gasteiger partial charge in [0.05, 0.1) is 23.0 Å². The first-order chi connectivity index (χ1) is 30.7. The summed E-state index contributed by atoms with van der Waals surface area (Å²) in [5.41, 5.74) is 15.3. The second-order valence-electron chi connectivity index (χ2n) is 16.8. The molecular formula is C55H45N7. The highest BCUT2D eigenvalue weighted by Crippen LogP contribution is 2.50. The molecule has 7 nitrogen and oxygen atoms in total. The summed E-state index contributed by atoms with van der Waals surface area (Å²) in [5, 5.41) is 4.88. The van der Waals surface area contributed by atoms with Crippen LogP contribution in [-0.2, 0) is 6.42 Å². The Morgan fingerprint density at radius 2 is 1.32 bits per heavy atom. The summed E-state index contributed by atoms with van der Waals surface area (Å²) in [5.74, 6) is 2.59. The Morgan fingerprint density at radius 1 is 0.613 bits per heavy atom. The standard InChI is InChI=1S/C55H45N7/c1-5-17-36(18-6-1)46-35-47(37-19-7-2-8-20-37)57-54(56-46)61-48-27-15-13-25-42(48)44-31-29-40(33-50(44)61)41-30-32-45-43-26-14-16-28-49(43)62(51(45)34-41)55-59-52(38-21-9-3-10-22-38)58-53(60-55)39-23-11-4-12-24-39/h1-13,17-25,28-34,43,46,52H,14-16,26-27,35H2,(H,58,59,60). The molecule has 300 valence electrons. The van der Waals surface area contributed by atoms with Crippen molar-refractivity contribution < 1.29 is 0 Å². The number of aromatic nitrogens is 1.